The van der Waals surface area contributed by atoms with E-state index in [1.54, 1.807) is 0 Å². The summed E-state index contributed by atoms with van der Waals surface area (Å²) < 4.78 is 2.20. The molecule has 82 valence electrons. The van der Waals surface area contributed by atoms with E-state index in [9.17, 15) is 0 Å². The lowest BCUT2D eigenvalue weighted by atomic mass is 10.1. The molecule has 0 saturated heterocycles. The van der Waals surface area contributed by atoms with Gasteiger partial charge in [-0.15, -0.1) is 0 Å². The summed E-state index contributed by atoms with van der Waals surface area (Å²) in [5.41, 5.74) is 4.54. The predicted molar refractivity (Wildman–Crippen MR) is 71.6 cm³/mol. The first-order valence-electron chi connectivity index (χ1n) is 5.50. The predicted octanol–water partition coefficient (Wildman–Crippen LogP) is 4.34. The van der Waals surface area contributed by atoms with Gasteiger partial charge in [0.05, 0.1) is 22.6 Å². The summed E-state index contributed by atoms with van der Waals surface area (Å²) in [5, 5.41) is 5.35. The van der Waals surface area contributed by atoms with Crippen molar-refractivity contribution >= 4 is 33.9 Å². The minimum absolute atomic E-state index is 0.761. The lowest BCUT2D eigenvalue weighted by Gasteiger charge is -2.21. The number of hydrogen-bond acceptors (Lipinski definition) is 1. The third-order valence-corrected chi connectivity index (χ3v) is 3.40. The molecule has 0 amide bonds. The standard InChI is InChI=1S/C14H9ClN2/c15-10-7-9-5-6-17-13-4-2-1-3-11(13)16-12(8-10)14(9)17/h1-8,16H. The number of nitrogens with zero attached hydrogens (tertiary/aromatic N) is 1. The number of para-hydroxylation sites is 2. The van der Waals surface area contributed by atoms with Crippen molar-refractivity contribution in [2.75, 3.05) is 5.32 Å². The molecule has 3 aromatic rings. The number of halogens is 1. The number of rotatable bonds is 0. The quantitative estimate of drug-likeness (QED) is 0.484. The zero-order chi connectivity index (χ0) is 11.4. The van der Waals surface area contributed by atoms with Crippen molar-refractivity contribution in [1.29, 1.82) is 0 Å². The fourth-order valence-corrected chi connectivity index (χ4v) is 2.70. The monoisotopic (exact) mass is 240 g/mol. The summed E-state index contributed by atoms with van der Waals surface area (Å²) in [7, 11) is 0. The topological polar surface area (TPSA) is 17.0 Å². The van der Waals surface area contributed by atoms with Gasteiger partial charge >= 0.3 is 0 Å². The number of aromatic nitrogens is 1. The largest absolute Gasteiger partial charge is 0.352 e. The Kier molecular flexibility index (Phi) is 1.64. The summed E-state index contributed by atoms with van der Waals surface area (Å²) in [4.78, 5) is 0. The van der Waals surface area contributed by atoms with Crippen molar-refractivity contribution < 1.29 is 0 Å². The second kappa shape index (κ2) is 3.05. The van der Waals surface area contributed by atoms with Gasteiger partial charge in [0.1, 0.15) is 0 Å². The first-order chi connectivity index (χ1) is 8.33. The smallest absolute Gasteiger partial charge is 0.0767 e. The molecule has 3 heteroatoms. The Morgan fingerprint density at radius 3 is 2.82 bits per heavy atom. The fraction of sp³-hybridized carbons (Fsp3) is 0. The Labute approximate surface area is 103 Å². The van der Waals surface area contributed by atoms with Crippen molar-refractivity contribution in [3.63, 3.8) is 0 Å². The van der Waals surface area contributed by atoms with Gasteiger partial charge in [-0.05, 0) is 30.3 Å². The molecule has 1 aliphatic heterocycles. The maximum Gasteiger partial charge on any atom is 0.0767 e. The highest BCUT2D eigenvalue weighted by molar-refractivity contribution is 6.32. The lowest BCUT2D eigenvalue weighted by Crippen LogP contribution is -2.06. The molecule has 2 nitrogen and oxygen atoms in total. The number of fused-ring (bicyclic) bond motifs is 2. The number of hydrogen-bond donors (Lipinski definition) is 1. The van der Waals surface area contributed by atoms with Crippen molar-refractivity contribution in [2.45, 2.75) is 0 Å². The molecule has 0 unspecified atom stereocenters. The molecule has 0 fully saturated rings. The van der Waals surface area contributed by atoms with Crippen molar-refractivity contribution in [1.82, 2.24) is 4.57 Å². The molecule has 0 aliphatic carbocycles. The van der Waals surface area contributed by atoms with Crippen LogP contribution in [-0.2, 0) is 0 Å². The summed E-state index contributed by atoms with van der Waals surface area (Å²) in [6.07, 6.45) is 2.09. The van der Waals surface area contributed by atoms with E-state index >= 15 is 0 Å². The van der Waals surface area contributed by atoms with Crippen LogP contribution in [0.5, 0.6) is 0 Å². The number of nitrogens with one attached hydrogen (secondary N) is 1. The zero-order valence-corrected chi connectivity index (χ0v) is 9.70. The highest BCUT2D eigenvalue weighted by Gasteiger charge is 2.17. The second-order valence-corrected chi connectivity index (χ2v) is 4.66. The average molecular weight is 241 g/mol. The Morgan fingerprint density at radius 1 is 1.00 bits per heavy atom. The molecule has 4 rings (SSSR count). The SMILES string of the molecule is Clc1cc2c3c(ccn3-c3ccccc3N2)c1. The van der Waals surface area contributed by atoms with Gasteiger partial charge in [0.15, 0.2) is 0 Å². The molecule has 0 spiro atoms. The maximum atomic E-state index is 6.11. The van der Waals surface area contributed by atoms with Crippen LogP contribution >= 0.6 is 11.6 Å². The van der Waals surface area contributed by atoms with E-state index in [0.29, 0.717) is 0 Å². The van der Waals surface area contributed by atoms with Gasteiger partial charge in [-0.1, -0.05) is 23.7 Å². The molecule has 0 radical (unpaired) electrons. The van der Waals surface area contributed by atoms with Crippen LogP contribution < -0.4 is 5.32 Å². The van der Waals surface area contributed by atoms with Crippen molar-refractivity contribution in [3.05, 3.63) is 53.7 Å². The Balaban J connectivity index is 2.18. The molecule has 0 atom stereocenters. The van der Waals surface area contributed by atoms with Crippen molar-refractivity contribution in [2.24, 2.45) is 0 Å². The summed E-state index contributed by atoms with van der Waals surface area (Å²) in [6.45, 7) is 0. The van der Waals surface area contributed by atoms with E-state index in [-0.39, 0.29) is 0 Å². The summed E-state index contributed by atoms with van der Waals surface area (Å²) >= 11 is 6.11. The summed E-state index contributed by atoms with van der Waals surface area (Å²) in [5.74, 6) is 0. The Bertz CT molecular complexity index is 743. The van der Waals surface area contributed by atoms with E-state index in [1.807, 2.05) is 24.3 Å². The van der Waals surface area contributed by atoms with E-state index < -0.39 is 0 Å². The van der Waals surface area contributed by atoms with E-state index in [1.165, 1.54) is 11.2 Å². The van der Waals surface area contributed by atoms with Gasteiger partial charge in [-0.2, -0.15) is 0 Å². The molecule has 0 saturated carbocycles. The minimum atomic E-state index is 0.761. The first-order valence-corrected chi connectivity index (χ1v) is 5.88. The van der Waals surface area contributed by atoms with E-state index in [4.69, 9.17) is 11.6 Å². The van der Waals surface area contributed by atoms with Gasteiger partial charge in [-0.25, -0.2) is 0 Å². The van der Waals surface area contributed by atoms with Crippen molar-refractivity contribution in [3.8, 4) is 5.69 Å². The van der Waals surface area contributed by atoms with Gasteiger partial charge in [0.2, 0.25) is 0 Å². The molecule has 1 aliphatic rings. The van der Waals surface area contributed by atoms with Crippen LogP contribution in [0.4, 0.5) is 11.4 Å². The third-order valence-electron chi connectivity index (χ3n) is 3.18. The van der Waals surface area contributed by atoms with Gasteiger partial charge < -0.3 is 9.88 Å². The van der Waals surface area contributed by atoms with Crippen LogP contribution in [0.2, 0.25) is 5.02 Å². The van der Waals surface area contributed by atoms with Gasteiger partial charge in [0.25, 0.3) is 0 Å². The highest BCUT2D eigenvalue weighted by atomic mass is 35.5. The molecule has 1 aromatic heterocycles. The Hall–Kier alpha value is -1.93. The highest BCUT2D eigenvalue weighted by Crippen LogP contribution is 2.39. The zero-order valence-electron chi connectivity index (χ0n) is 8.94. The van der Waals surface area contributed by atoms with Gasteiger partial charge in [-0.3, -0.25) is 0 Å². The molecule has 2 heterocycles. The lowest BCUT2D eigenvalue weighted by molar-refractivity contribution is 1.11. The van der Waals surface area contributed by atoms with Crippen LogP contribution in [0.3, 0.4) is 0 Å². The average Bonchev–Trinajstić information content (AvgIpc) is 2.74. The molecular weight excluding hydrogens is 232 g/mol. The second-order valence-electron chi connectivity index (χ2n) is 4.22. The molecule has 0 bridgehead atoms. The number of anilines is 2. The first kappa shape index (κ1) is 9.14. The third kappa shape index (κ3) is 1.16. The molecule has 1 N–H and O–H groups in total. The van der Waals surface area contributed by atoms with E-state index in [2.05, 4.69) is 34.3 Å². The number of benzene rings is 2. The fourth-order valence-electron chi connectivity index (χ4n) is 2.48. The normalized spacial score (nSPS) is 12.3. The maximum absolute atomic E-state index is 6.11. The van der Waals surface area contributed by atoms with Crippen LogP contribution in [0, 0.1) is 0 Å². The van der Waals surface area contributed by atoms with Crippen LogP contribution in [0.25, 0.3) is 16.6 Å². The summed E-state index contributed by atoms with van der Waals surface area (Å²) in [6, 6.07) is 14.3. The van der Waals surface area contributed by atoms with Crippen LogP contribution in [-0.4, -0.2) is 4.57 Å². The molecule has 17 heavy (non-hydrogen) atoms. The minimum Gasteiger partial charge on any atom is -0.352 e. The Morgan fingerprint density at radius 2 is 1.88 bits per heavy atom. The molecule has 2 aromatic carbocycles. The van der Waals surface area contributed by atoms with Crippen LogP contribution in [0.15, 0.2) is 48.7 Å². The van der Waals surface area contributed by atoms with Crippen LogP contribution in [0.1, 0.15) is 0 Å². The molecular formula is C14H9ClN2. The van der Waals surface area contributed by atoms with E-state index in [0.717, 1.165) is 21.8 Å². The van der Waals surface area contributed by atoms with Gasteiger partial charge in [0, 0.05) is 16.6 Å².